The van der Waals surface area contributed by atoms with E-state index in [1.807, 2.05) is 18.2 Å². The first-order valence-corrected chi connectivity index (χ1v) is 7.14. The molecule has 0 saturated carbocycles. The molecular weight excluding hydrogens is 284 g/mol. The lowest BCUT2D eigenvalue weighted by Gasteiger charge is -2.06. The van der Waals surface area contributed by atoms with Crippen molar-refractivity contribution in [2.45, 2.75) is 13.8 Å². The number of allylic oxidation sites excluding steroid dienone is 1. The van der Waals surface area contributed by atoms with Crippen molar-refractivity contribution in [1.29, 1.82) is 0 Å². The predicted molar refractivity (Wildman–Crippen MR) is 87.5 cm³/mol. The monoisotopic (exact) mass is 300 g/mol. The molecule has 1 aromatic carbocycles. The van der Waals surface area contributed by atoms with Crippen LogP contribution in [-0.2, 0) is 0 Å². The first-order valence-electron chi connectivity index (χ1n) is 6.76. The molecule has 4 heteroatoms. The number of carbonyl (C=O) groups is 1. The molecule has 108 valence electrons. The number of hydrogen-bond donors (Lipinski definition) is 1. The van der Waals surface area contributed by atoms with Crippen LogP contribution < -0.4 is 5.32 Å². The molecule has 2 rings (SSSR count). The van der Waals surface area contributed by atoms with E-state index in [1.54, 1.807) is 30.5 Å². The van der Waals surface area contributed by atoms with Gasteiger partial charge in [0.1, 0.15) is 0 Å². The Morgan fingerprint density at radius 3 is 2.57 bits per heavy atom. The van der Waals surface area contributed by atoms with Gasteiger partial charge in [-0.15, -0.1) is 0 Å². The minimum absolute atomic E-state index is 0.204. The van der Waals surface area contributed by atoms with Gasteiger partial charge in [0.05, 0.1) is 5.69 Å². The average Bonchev–Trinajstić information content (AvgIpc) is 2.48. The lowest BCUT2D eigenvalue weighted by atomic mass is 10.1. The van der Waals surface area contributed by atoms with Gasteiger partial charge in [-0.25, -0.2) is 4.98 Å². The summed E-state index contributed by atoms with van der Waals surface area (Å²) in [5, 5.41) is 3.02. The molecule has 0 aliphatic carbocycles. The summed E-state index contributed by atoms with van der Waals surface area (Å²) in [5.41, 5.74) is 2.16. The largest absolute Gasteiger partial charge is 0.319 e. The van der Waals surface area contributed by atoms with E-state index in [0.29, 0.717) is 17.2 Å². The Labute approximate surface area is 129 Å². The molecule has 0 bridgehead atoms. The van der Waals surface area contributed by atoms with Gasteiger partial charge in [0, 0.05) is 11.8 Å². The molecule has 0 aliphatic rings. The van der Waals surface area contributed by atoms with Crippen LogP contribution in [0.2, 0.25) is 5.15 Å². The van der Waals surface area contributed by atoms with Crippen LogP contribution in [0.3, 0.4) is 0 Å². The summed E-state index contributed by atoms with van der Waals surface area (Å²) in [7, 11) is 0. The molecule has 21 heavy (non-hydrogen) atoms. The van der Waals surface area contributed by atoms with Gasteiger partial charge < -0.3 is 5.32 Å². The van der Waals surface area contributed by atoms with E-state index in [9.17, 15) is 4.79 Å². The van der Waals surface area contributed by atoms with E-state index < -0.39 is 0 Å². The highest BCUT2D eigenvalue weighted by molar-refractivity contribution is 6.32. The molecular formula is C17H17ClN2O. The molecule has 1 heterocycles. The number of nitrogens with one attached hydrogen (secondary N) is 1. The number of aromatic nitrogens is 1. The van der Waals surface area contributed by atoms with E-state index in [2.05, 4.69) is 30.2 Å². The SMILES string of the molecule is CC(C)C=Cc1ccc(C(=O)Nc2cccnc2Cl)cc1. The van der Waals surface area contributed by atoms with Crippen LogP contribution in [0.25, 0.3) is 6.08 Å². The van der Waals surface area contributed by atoms with E-state index in [1.165, 1.54) is 0 Å². The van der Waals surface area contributed by atoms with Crippen molar-refractivity contribution in [2.24, 2.45) is 5.92 Å². The summed E-state index contributed by atoms with van der Waals surface area (Å²) in [6, 6.07) is 10.9. The highest BCUT2D eigenvalue weighted by Gasteiger charge is 2.08. The Hall–Kier alpha value is -2.13. The van der Waals surface area contributed by atoms with Crippen LogP contribution in [0.5, 0.6) is 0 Å². The van der Waals surface area contributed by atoms with Crippen molar-refractivity contribution in [3.05, 3.63) is 65.0 Å². The molecule has 1 N–H and O–H groups in total. The van der Waals surface area contributed by atoms with Gasteiger partial charge in [0.25, 0.3) is 5.91 Å². The molecule has 0 saturated heterocycles. The molecule has 0 fully saturated rings. The third kappa shape index (κ3) is 4.43. The van der Waals surface area contributed by atoms with E-state index in [4.69, 9.17) is 11.6 Å². The second kappa shape index (κ2) is 7.04. The molecule has 1 amide bonds. The van der Waals surface area contributed by atoms with Gasteiger partial charge >= 0.3 is 0 Å². The third-order valence-corrected chi connectivity index (χ3v) is 3.15. The quantitative estimate of drug-likeness (QED) is 0.835. The summed E-state index contributed by atoms with van der Waals surface area (Å²) in [6.45, 7) is 4.24. The zero-order valence-corrected chi connectivity index (χ0v) is 12.8. The van der Waals surface area contributed by atoms with Gasteiger partial charge in [0.15, 0.2) is 5.15 Å². The zero-order chi connectivity index (χ0) is 15.2. The maximum absolute atomic E-state index is 12.1. The van der Waals surface area contributed by atoms with Crippen LogP contribution in [0.1, 0.15) is 29.8 Å². The smallest absolute Gasteiger partial charge is 0.255 e. The lowest BCUT2D eigenvalue weighted by Crippen LogP contribution is -2.12. The molecule has 0 spiro atoms. The van der Waals surface area contributed by atoms with Crippen molar-refractivity contribution in [3.63, 3.8) is 0 Å². The van der Waals surface area contributed by atoms with Crippen molar-refractivity contribution in [1.82, 2.24) is 4.98 Å². The summed E-state index contributed by atoms with van der Waals surface area (Å²) in [6.07, 6.45) is 5.74. The number of hydrogen-bond acceptors (Lipinski definition) is 2. The maximum atomic E-state index is 12.1. The molecule has 0 radical (unpaired) electrons. The first-order chi connectivity index (χ1) is 10.1. The third-order valence-electron chi connectivity index (χ3n) is 2.85. The Morgan fingerprint density at radius 1 is 1.24 bits per heavy atom. The maximum Gasteiger partial charge on any atom is 0.255 e. The standard InChI is InChI=1S/C17H17ClN2O/c1-12(2)5-6-13-7-9-14(10-8-13)17(21)20-15-4-3-11-19-16(15)18/h3-12H,1-2H3,(H,20,21). The second-order valence-corrected chi connectivity index (χ2v) is 5.38. The number of benzene rings is 1. The van der Waals surface area contributed by atoms with Gasteiger partial charge in [0.2, 0.25) is 0 Å². The van der Waals surface area contributed by atoms with Crippen molar-refractivity contribution in [3.8, 4) is 0 Å². The van der Waals surface area contributed by atoms with Crippen molar-refractivity contribution in [2.75, 3.05) is 5.32 Å². The predicted octanol–water partition coefficient (Wildman–Crippen LogP) is 4.66. The van der Waals surface area contributed by atoms with Crippen LogP contribution in [0.15, 0.2) is 48.7 Å². The molecule has 2 aromatic rings. The summed E-state index contributed by atoms with van der Waals surface area (Å²) in [4.78, 5) is 16.1. The number of rotatable bonds is 4. The first kappa shape index (κ1) is 15.3. The van der Waals surface area contributed by atoms with Gasteiger partial charge in [-0.05, 0) is 35.7 Å². The van der Waals surface area contributed by atoms with Crippen LogP contribution >= 0.6 is 11.6 Å². The van der Waals surface area contributed by atoms with Gasteiger partial charge in [-0.3, -0.25) is 4.79 Å². The Morgan fingerprint density at radius 2 is 1.95 bits per heavy atom. The van der Waals surface area contributed by atoms with Crippen molar-refractivity contribution >= 4 is 29.3 Å². The average molecular weight is 301 g/mol. The normalized spacial score (nSPS) is 11.0. The number of anilines is 1. The number of pyridine rings is 1. The molecule has 0 unspecified atom stereocenters. The van der Waals surface area contributed by atoms with E-state index >= 15 is 0 Å². The Bertz CT molecular complexity index is 648. The van der Waals surface area contributed by atoms with E-state index in [0.717, 1.165) is 5.56 Å². The number of amides is 1. The number of halogens is 1. The fraction of sp³-hybridized carbons (Fsp3) is 0.176. The van der Waals surface area contributed by atoms with E-state index in [-0.39, 0.29) is 11.1 Å². The summed E-state index contributed by atoms with van der Waals surface area (Å²) in [5.74, 6) is 0.296. The Kier molecular flexibility index (Phi) is 5.12. The number of carbonyl (C=O) groups excluding carboxylic acids is 1. The second-order valence-electron chi connectivity index (χ2n) is 5.02. The number of nitrogens with zero attached hydrogens (tertiary/aromatic N) is 1. The highest BCUT2D eigenvalue weighted by Crippen LogP contribution is 2.18. The van der Waals surface area contributed by atoms with Crippen LogP contribution in [0.4, 0.5) is 5.69 Å². The minimum Gasteiger partial charge on any atom is -0.319 e. The topological polar surface area (TPSA) is 42.0 Å². The minimum atomic E-state index is -0.204. The van der Waals surface area contributed by atoms with Crippen LogP contribution in [0, 0.1) is 5.92 Å². The highest BCUT2D eigenvalue weighted by atomic mass is 35.5. The fourth-order valence-electron chi connectivity index (χ4n) is 1.72. The van der Waals surface area contributed by atoms with Gasteiger partial charge in [-0.1, -0.05) is 49.7 Å². The summed E-state index contributed by atoms with van der Waals surface area (Å²) >= 11 is 5.92. The van der Waals surface area contributed by atoms with Crippen molar-refractivity contribution < 1.29 is 4.79 Å². The molecule has 0 atom stereocenters. The summed E-state index contributed by atoms with van der Waals surface area (Å²) < 4.78 is 0. The zero-order valence-electron chi connectivity index (χ0n) is 12.0. The lowest BCUT2D eigenvalue weighted by molar-refractivity contribution is 0.102. The molecule has 1 aromatic heterocycles. The molecule has 3 nitrogen and oxygen atoms in total. The Balaban J connectivity index is 2.08. The van der Waals surface area contributed by atoms with Crippen LogP contribution in [-0.4, -0.2) is 10.9 Å². The molecule has 0 aliphatic heterocycles. The fourth-order valence-corrected chi connectivity index (χ4v) is 1.89. The van der Waals surface area contributed by atoms with Gasteiger partial charge in [-0.2, -0.15) is 0 Å².